The minimum Gasteiger partial charge on any atom is -0.507 e. The molecule has 0 fully saturated rings. The largest absolute Gasteiger partial charge is 0.507 e. The number of hydrogen-bond donors (Lipinski definition) is 2. The highest BCUT2D eigenvalue weighted by molar-refractivity contribution is 6.01. The van der Waals surface area contributed by atoms with Crippen molar-refractivity contribution in [1.82, 2.24) is 5.32 Å². The lowest BCUT2D eigenvalue weighted by Crippen LogP contribution is -2.18. The summed E-state index contributed by atoms with van der Waals surface area (Å²) in [5.41, 5.74) is 2.93. The molecule has 1 amide bonds. The number of rotatable bonds is 2. The van der Waals surface area contributed by atoms with E-state index in [0.29, 0.717) is 11.1 Å². The number of aromatic hydroxyl groups is 1. The predicted molar refractivity (Wildman–Crippen MR) is 71.7 cm³/mol. The van der Waals surface area contributed by atoms with Crippen LogP contribution < -0.4 is 5.32 Å². The maximum Gasteiger partial charge on any atom is 0.251 e. The molecule has 2 N–H and O–H groups in total. The van der Waals surface area contributed by atoms with Gasteiger partial charge in [-0.2, -0.15) is 0 Å². The maximum absolute atomic E-state index is 11.8. The Balaban J connectivity index is 2.60. The third-order valence-corrected chi connectivity index (χ3v) is 2.84. The highest BCUT2D eigenvalue weighted by atomic mass is 16.3. The van der Waals surface area contributed by atoms with Gasteiger partial charge in [0.05, 0.1) is 0 Å². The van der Waals surface area contributed by atoms with E-state index in [1.807, 2.05) is 31.2 Å². The van der Waals surface area contributed by atoms with Crippen molar-refractivity contribution < 1.29 is 9.90 Å². The van der Waals surface area contributed by atoms with Crippen LogP contribution in [0.1, 0.15) is 15.9 Å². The molecule has 0 aliphatic heterocycles. The number of nitrogens with one attached hydrogen (secondary N) is 1. The Bertz CT molecular complexity index is 591. The second-order valence-corrected chi connectivity index (χ2v) is 4.15. The summed E-state index contributed by atoms with van der Waals surface area (Å²) >= 11 is 0. The molecule has 0 heterocycles. The highest BCUT2D eigenvalue weighted by Gasteiger charge is 2.13. The fourth-order valence-corrected chi connectivity index (χ4v) is 1.92. The van der Waals surface area contributed by atoms with E-state index in [1.54, 1.807) is 25.2 Å². The van der Waals surface area contributed by atoms with Gasteiger partial charge in [-0.25, -0.2) is 0 Å². The number of phenolic OH excluding ortho intramolecular Hbond substituents is 1. The van der Waals surface area contributed by atoms with Gasteiger partial charge in [-0.3, -0.25) is 4.79 Å². The van der Waals surface area contributed by atoms with Crippen LogP contribution in [-0.4, -0.2) is 18.1 Å². The van der Waals surface area contributed by atoms with Crippen molar-refractivity contribution in [2.45, 2.75) is 6.92 Å². The summed E-state index contributed by atoms with van der Waals surface area (Å²) in [5.74, 6) is 0.0249. The first-order valence-electron chi connectivity index (χ1n) is 5.74. The summed E-state index contributed by atoms with van der Waals surface area (Å²) in [6.45, 7) is 1.91. The molecule has 2 aromatic rings. The van der Waals surface area contributed by atoms with Crippen molar-refractivity contribution in [2.75, 3.05) is 7.05 Å². The van der Waals surface area contributed by atoms with Crippen molar-refractivity contribution in [3.63, 3.8) is 0 Å². The van der Waals surface area contributed by atoms with Gasteiger partial charge < -0.3 is 10.4 Å². The first kappa shape index (κ1) is 12.2. The summed E-state index contributed by atoms with van der Waals surface area (Å²) < 4.78 is 0. The molecule has 0 bridgehead atoms. The number of benzene rings is 2. The number of aryl methyl sites for hydroxylation is 1. The van der Waals surface area contributed by atoms with Gasteiger partial charge in [-0.15, -0.1) is 0 Å². The first-order chi connectivity index (χ1) is 8.63. The molecule has 3 nitrogen and oxygen atoms in total. The van der Waals surface area contributed by atoms with E-state index in [9.17, 15) is 9.90 Å². The van der Waals surface area contributed by atoms with E-state index in [1.165, 1.54) is 0 Å². The molecule has 0 aromatic heterocycles. The average Bonchev–Trinajstić information content (AvgIpc) is 2.38. The molecule has 0 saturated carbocycles. The summed E-state index contributed by atoms with van der Waals surface area (Å²) in [4.78, 5) is 11.8. The van der Waals surface area contributed by atoms with E-state index in [0.717, 1.165) is 11.1 Å². The Kier molecular flexibility index (Phi) is 3.33. The zero-order valence-corrected chi connectivity index (χ0v) is 10.4. The molecule has 0 aliphatic rings. The van der Waals surface area contributed by atoms with Crippen LogP contribution in [0.15, 0.2) is 42.5 Å². The lowest BCUT2D eigenvalue weighted by molar-refractivity contribution is 0.0964. The van der Waals surface area contributed by atoms with Crippen LogP contribution in [0.2, 0.25) is 0 Å². The summed E-state index contributed by atoms with van der Waals surface area (Å²) in [6.07, 6.45) is 0. The van der Waals surface area contributed by atoms with E-state index in [4.69, 9.17) is 0 Å². The van der Waals surface area contributed by atoms with Gasteiger partial charge in [0.1, 0.15) is 5.75 Å². The number of hydrogen-bond acceptors (Lipinski definition) is 2. The fourth-order valence-electron chi connectivity index (χ4n) is 1.92. The van der Waals surface area contributed by atoms with E-state index in [2.05, 4.69) is 5.32 Å². The van der Waals surface area contributed by atoms with Crippen LogP contribution in [0.3, 0.4) is 0 Å². The summed E-state index contributed by atoms with van der Waals surface area (Å²) in [5, 5.41) is 12.6. The van der Waals surface area contributed by atoms with E-state index >= 15 is 0 Å². The molecule has 92 valence electrons. The third-order valence-electron chi connectivity index (χ3n) is 2.84. The van der Waals surface area contributed by atoms with Crippen molar-refractivity contribution in [3.05, 3.63) is 53.6 Å². The molecule has 0 unspecified atom stereocenters. The number of carbonyl (C=O) groups is 1. The lowest BCUT2D eigenvalue weighted by Gasteiger charge is -2.10. The summed E-state index contributed by atoms with van der Waals surface area (Å²) in [6, 6.07) is 12.7. The lowest BCUT2D eigenvalue weighted by atomic mass is 9.97. The Morgan fingerprint density at radius 3 is 2.50 bits per heavy atom. The van der Waals surface area contributed by atoms with Crippen LogP contribution in [0.5, 0.6) is 5.75 Å². The minimum absolute atomic E-state index is 0.162. The SMILES string of the molecule is CNC(=O)c1ccccc1-c1ccc(C)cc1O. The van der Waals surface area contributed by atoms with Crippen LogP contribution in [0.4, 0.5) is 0 Å². The quantitative estimate of drug-likeness (QED) is 0.849. The van der Waals surface area contributed by atoms with Crippen molar-refractivity contribution in [1.29, 1.82) is 0 Å². The highest BCUT2D eigenvalue weighted by Crippen LogP contribution is 2.32. The third kappa shape index (κ3) is 2.20. The minimum atomic E-state index is -0.162. The smallest absolute Gasteiger partial charge is 0.251 e. The van der Waals surface area contributed by atoms with Crippen molar-refractivity contribution >= 4 is 5.91 Å². The molecule has 0 radical (unpaired) electrons. The van der Waals surface area contributed by atoms with E-state index < -0.39 is 0 Å². The monoisotopic (exact) mass is 241 g/mol. The predicted octanol–water partition coefficient (Wildman–Crippen LogP) is 2.73. The zero-order valence-electron chi connectivity index (χ0n) is 10.4. The standard InChI is InChI=1S/C15H15NO2/c1-10-7-8-12(14(17)9-10)11-5-3-4-6-13(11)15(18)16-2/h3-9,17H,1-2H3,(H,16,18). The van der Waals surface area contributed by atoms with Crippen LogP contribution in [0.25, 0.3) is 11.1 Å². The van der Waals surface area contributed by atoms with Gasteiger partial charge in [0.15, 0.2) is 0 Å². The molecule has 0 aliphatic carbocycles. The molecule has 0 atom stereocenters. The van der Waals surface area contributed by atoms with Gasteiger partial charge in [-0.1, -0.05) is 30.3 Å². The van der Waals surface area contributed by atoms with Crippen LogP contribution in [-0.2, 0) is 0 Å². The van der Waals surface area contributed by atoms with Gasteiger partial charge in [0.25, 0.3) is 5.91 Å². The molecule has 0 spiro atoms. The molecule has 2 aromatic carbocycles. The molecule has 0 saturated heterocycles. The molecule has 3 heteroatoms. The van der Waals surface area contributed by atoms with Crippen LogP contribution >= 0.6 is 0 Å². The van der Waals surface area contributed by atoms with Crippen LogP contribution in [0, 0.1) is 6.92 Å². The second-order valence-electron chi connectivity index (χ2n) is 4.15. The summed E-state index contributed by atoms with van der Waals surface area (Å²) in [7, 11) is 1.59. The second kappa shape index (κ2) is 4.92. The Hall–Kier alpha value is -2.29. The molecule has 18 heavy (non-hydrogen) atoms. The Labute approximate surface area is 106 Å². The molecule has 2 rings (SSSR count). The molecular formula is C15H15NO2. The topological polar surface area (TPSA) is 49.3 Å². The fraction of sp³-hybridized carbons (Fsp3) is 0.133. The Morgan fingerprint density at radius 2 is 1.83 bits per heavy atom. The molecular weight excluding hydrogens is 226 g/mol. The van der Waals surface area contributed by atoms with E-state index in [-0.39, 0.29) is 11.7 Å². The number of phenols is 1. The van der Waals surface area contributed by atoms with Crippen molar-refractivity contribution in [3.8, 4) is 16.9 Å². The Morgan fingerprint density at radius 1 is 1.11 bits per heavy atom. The number of amides is 1. The van der Waals surface area contributed by atoms with Gasteiger partial charge in [-0.05, 0) is 30.2 Å². The van der Waals surface area contributed by atoms with Gasteiger partial charge >= 0.3 is 0 Å². The maximum atomic E-state index is 11.8. The zero-order chi connectivity index (χ0) is 13.1. The van der Waals surface area contributed by atoms with Crippen molar-refractivity contribution in [2.24, 2.45) is 0 Å². The average molecular weight is 241 g/mol. The van der Waals surface area contributed by atoms with Gasteiger partial charge in [0.2, 0.25) is 0 Å². The van der Waals surface area contributed by atoms with Gasteiger partial charge in [0, 0.05) is 18.2 Å². The number of carbonyl (C=O) groups excluding carboxylic acids is 1. The normalized spacial score (nSPS) is 10.1. The first-order valence-corrected chi connectivity index (χ1v) is 5.74.